The molecule has 0 radical (unpaired) electrons. The zero-order chi connectivity index (χ0) is 19.1. The molecule has 2 fully saturated rings. The van der Waals surface area contributed by atoms with Crippen LogP contribution in [0.5, 0.6) is 0 Å². The molecule has 0 bridgehead atoms. The van der Waals surface area contributed by atoms with Crippen molar-refractivity contribution in [2.75, 3.05) is 18.4 Å². The molecule has 1 aromatic carbocycles. The summed E-state index contributed by atoms with van der Waals surface area (Å²) in [6, 6.07) is 7.31. The van der Waals surface area contributed by atoms with Crippen LogP contribution in [0.25, 0.3) is 0 Å². The highest BCUT2D eigenvalue weighted by Gasteiger charge is 2.27. The number of sulfone groups is 1. The van der Waals surface area contributed by atoms with Gasteiger partial charge in [-0.3, -0.25) is 4.79 Å². The fraction of sp³-hybridized carbons (Fsp3) is 0.667. The molecule has 1 amide bonds. The first-order valence-corrected chi connectivity index (χ1v) is 12.1. The predicted octanol–water partition coefficient (Wildman–Crippen LogP) is 4.07. The van der Waals surface area contributed by atoms with E-state index in [4.69, 9.17) is 0 Å². The third kappa shape index (κ3) is 7.05. The number of halogens is 1. The summed E-state index contributed by atoms with van der Waals surface area (Å²) in [5, 5.41) is 6.08. The monoisotopic (exact) mass is 428 g/mol. The van der Waals surface area contributed by atoms with Gasteiger partial charge in [-0.15, -0.1) is 12.4 Å². The van der Waals surface area contributed by atoms with Crippen molar-refractivity contribution in [1.29, 1.82) is 0 Å². The van der Waals surface area contributed by atoms with E-state index in [-0.39, 0.29) is 29.3 Å². The van der Waals surface area contributed by atoms with Gasteiger partial charge in [-0.05, 0) is 68.8 Å². The molecule has 158 valence electrons. The molecule has 5 nitrogen and oxygen atoms in total. The lowest BCUT2D eigenvalue weighted by Gasteiger charge is -2.22. The maximum absolute atomic E-state index is 12.7. The van der Waals surface area contributed by atoms with Crippen molar-refractivity contribution in [3.05, 3.63) is 29.8 Å². The molecule has 7 heteroatoms. The van der Waals surface area contributed by atoms with Gasteiger partial charge in [0.2, 0.25) is 5.91 Å². The molecule has 28 heavy (non-hydrogen) atoms. The van der Waals surface area contributed by atoms with Gasteiger partial charge in [0.25, 0.3) is 0 Å². The second-order valence-corrected chi connectivity index (χ2v) is 10.3. The minimum Gasteiger partial charge on any atom is -0.326 e. The molecule has 1 aromatic rings. The summed E-state index contributed by atoms with van der Waals surface area (Å²) in [4.78, 5) is 12.3. The van der Waals surface area contributed by atoms with Gasteiger partial charge in [-0.1, -0.05) is 31.4 Å². The number of hydrogen-bond donors (Lipinski definition) is 2. The van der Waals surface area contributed by atoms with E-state index < -0.39 is 9.84 Å². The van der Waals surface area contributed by atoms with Crippen molar-refractivity contribution in [2.45, 2.75) is 68.8 Å². The molecule has 2 N–H and O–H groups in total. The van der Waals surface area contributed by atoms with Crippen molar-refractivity contribution in [1.82, 2.24) is 5.32 Å². The van der Waals surface area contributed by atoms with E-state index in [1.54, 1.807) is 0 Å². The number of carbonyl (C=O) groups excluding carboxylic acids is 1. The van der Waals surface area contributed by atoms with E-state index in [9.17, 15) is 13.2 Å². The lowest BCUT2D eigenvalue weighted by atomic mass is 9.93. The minimum absolute atomic E-state index is 0. The molecule has 1 aliphatic heterocycles. The first-order valence-electron chi connectivity index (χ1n) is 10.3. The highest BCUT2D eigenvalue weighted by atomic mass is 35.5. The predicted molar refractivity (Wildman–Crippen MR) is 117 cm³/mol. The van der Waals surface area contributed by atoms with E-state index >= 15 is 0 Å². The normalized spacial score (nSPS) is 19.0. The Labute approximate surface area is 175 Å². The van der Waals surface area contributed by atoms with Crippen LogP contribution >= 0.6 is 12.4 Å². The van der Waals surface area contributed by atoms with Crippen LogP contribution in [0.4, 0.5) is 5.69 Å². The Morgan fingerprint density at radius 2 is 1.79 bits per heavy atom. The summed E-state index contributed by atoms with van der Waals surface area (Å²) in [5.74, 6) is 0.709. The summed E-state index contributed by atoms with van der Waals surface area (Å²) in [7, 11) is -3.12. The molecule has 0 spiro atoms. The Morgan fingerprint density at radius 1 is 1.07 bits per heavy atom. The fourth-order valence-electron chi connectivity index (χ4n) is 4.24. The minimum atomic E-state index is -3.12. The molecule has 0 atom stereocenters. The Hall–Kier alpha value is -1.11. The smallest absolute Gasteiger partial charge is 0.224 e. The van der Waals surface area contributed by atoms with Crippen LogP contribution in [0.3, 0.4) is 0 Å². The number of hydrogen-bond acceptors (Lipinski definition) is 4. The number of carbonyl (C=O) groups is 1. The van der Waals surface area contributed by atoms with Crippen LogP contribution in [0.1, 0.15) is 63.4 Å². The largest absolute Gasteiger partial charge is 0.326 e. The van der Waals surface area contributed by atoms with Crippen LogP contribution in [0.2, 0.25) is 0 Å². The number of nitrogens with one attached hydrogen (secondary N) is 2. The molecule has 1 heterocycles. The highest BCUT2D eigenvalue weighted by Crippen LogP contribution is 2.27. The molecule has 3 rings (SSSR count). The van der Waals surface area contributed by atoms with Crippen molar-refractivity contribution in [3.63, 3.8) is 0 Å². The molecular formula is C21H33ClN2O3S. The standard InChI is InChI=1S/C21H32N2O3S.ClH/c24-21(10-9-17-11-13-22-14-12-17)23-19-6-4-5-18(15-19)16-27(25,26)20-7-2-1-3-8-20;/h4-6,15,17,20,22H,1-3,7-14,16H2,(H,23,24);1H. The molecule has 2 aliphatic rings. The highest BCUT2D eigenvalue weighted by molar-refractivity contribution is 7.91. The third-order valence-corrected chi connectivity index (χ3v) is 8.10. The SMILES string of the molecule is Cl.O=C(CCC1CCNCC1)Nc1cccc(CS(=O)(=O)C2CCCCC2)c1. The first-order chi connectivity index (χ1) is 13.0. The fourth-order valence-corrected chi connectivity index (χ4v) is 6.17. The number of benzene rings is 1. The van der Waals surface area contributed by atoms with Gasteiger partial charge in [0.05, 0.1) is 11.0 Å². The van der Waals surface area contributed by atoms with Crippen molar-refractivity contribution in [2.24, 2.45) is 5.92 Å². The number of anilines is 1. The third-order valence-electron chi connectivity index (χ3n) is 5.88. The van der Waals surface area contributed by atoms with Crippen LogP contribution in [-0.4, -0.2) is 32.7 Å². The van der Waals surface area contributed by atoms with Crippen LogP contribution in [0, 0.1) is 5.92 Å². The van der Waals surface area contributed by atoms with Gasteiger partial charge in [0.15, 0.2) is 9.84 Å². The lowest BCUT2D eigenvalue weighted by molar-refractivity contribution is -0.116. The summed E-state index contributed by atoms with van der Waals surface area (Å²) >= 11 is 0. The zero-order valence-electron chi connectivity index (χ0n) is 16.5. The summed E-state index contributed by atoms with van der Waals surface area (Å²) in [5.41, 5.74) is 1.46. The Morgan fingerprint density at radius 3 is 2.50 bits per heavy atom. The number of piperidine rings is 1. The molecular weight excluding hydrogens is 396 g/mol. The summed E-state index contributed by atoms with van der Waals surface area (Å²) in [6.45, 7) is 2.09. The van der Waals surface area contributed by atoms with Gasteiger partial charge in [0.1, 0.15) is 0 Å². The molecule has 0 unspecified atom stereocenters. The lowest BCUT2D eigenvalue weighted by Crippen LogP contribution is -2.28. The van der Waals surface area contributed by atoms with Gasteiger partial charge in [-0.2, -0.15) is 0 Å². The quantitative estimate of drug-likeness (QED) is 0.686. The molecule has 1 saturated carbocycles. The van der Waals surface area contributed by atoms with E-state index in [0.29, 0.717) is 18.0 Å². The van der Waals surface area contributed by atoms with Crippen LogP contribution < -0.4 is 10.6 Å². The van der Waals surface area contributed by atoms with Crippen molar-refractivity contribution < 1.29 is 13.2 Å². The van der Waals surface area contributed by atoms with Gasteiger partial charge in [-0.25, -0.2) is 8.42 Å². The second kappa shape index (κ2) is 11.2. The molecule has 0 aromatic heterocycles. The van der Waals surface area contributed by atoms with Crippen LogP contribution in [0.15, 0.2) is 24.3 Å². The van der Waals surface area contributed by atoms with E-state index in [0.717, 1.165) is 70.0 Å². The zero-order valence-corrected chi connectivity index (χ0v) is 18.1. The Bertz CT molecular complexity index is 727. The molecule has 1 aliphatic carbocycles. The average Bonchev–Trinajstić information content (AvgIpc) is 2.68. The average molecular weight is 429 g/mol. The Kier molecular flexibility index (Phi) is 9.25. The molecule has 1 saturated heterocycles. The van der Waals surface area contributed by atoms with Gasteiger partial charge >= 0.3 is 0 Å². The summed E-state index contributed by atoms with van der Waals surface area (Å²) in [6.07, 6.45) is 8.46. The van der Waals surface area contributed by atoms with Gasteiger partial charge < -0.3 is 10.6 Å². The topological polar surface area (TPSA) is 75.3 Å². The van der Waals surface area contributed by atoms with Gasteiger partial charge in [0, 0.05) is 12.1 Å². The van der Waals surface area contributed by atoms with Crippen molar-refractivity contribution in [3.8, 4) is 0 Å². The second-order valence-electron chi connectivity index (χ2n) is 8.05. The Balaban J connectivity index is 0.00000280. The van der Waals surface area contributed by atoms with Crippen LogP contribution in [-0.2, 0) is 20.4 Å². The maximum Gasteiger partial charge on any atom is 0.224 e. The first kappa shape index (κ1) is 23.2. The van der Waals surface area contributed by atoms with E-state index in [1.807, 2.05) is 24.3 Å². The van der Waals surface area contributed by atoms with E-state index in [2.05, 4.69) is 10.6 Å². The number of rotatable bonds is 7. The summed E-state index contributed by atoms with van der Waals surface area (Å²) < 4.78 is 25.3. The maximum atomic E-state index is 12.7. The van der Waals surface area contributed by atoms with E-state index in [1.165, 1.54) is 0 Å². The number of amides is 1. The van der Waals surface area contributed by atoms with Crippen molar-refractivity contribution >= 4 is 33.8 Å².